The zero-order valence-corrected chi connectivity index (χ0v) is 13.2. The summed E-state index contributed by atoms with van der Waals surface area (Å²) in [4.78, 5) is 41.2. The monoisotopic (exact) mass is 338 g/mol. The van der Waals surface area contributed by atoms with Crippen LogP contribution in [0.4, 0.5) is 14.4 Å². The molecule has 0 fully saturated rings. The molecule has 0 saturated carbocycles. The Hall–Kier alpha value is -2.76. The average Bonchev–Trinajstić information content (AvgIpc) is 2.53. The fourth-order valence-corrected chi connectivity index (χ4v) is 0.771. The fraction of sp³-hybridized carbons (Fsp3) is 0.636. The van der Waals surface area contributed by atoms with Crippen molar-refractivity contribution in [3.8, 4) is 0 Å². The maximum absolute atomic E-state index is 10.7. The molecule has 12 nitrogen and oxygen atoms in total. The molecule has 0 aromatic heterocycles. The van der Waals surface area contributed by atoms with Crippen LogP contribution in [0.2, 0.25) is 0 Å². The van der Waals surface area contributed by atoms with E-state index in [4.69, 9.17) is 0 Å². The zero-order chi connectivity index (χ0) is 17.9. The van der Waals surface area contributed by atoms with Crippen molar-refractivity contribution in [1.29, 1.82) is 0 Å². The summed E-state index contributed by atoms with van der Waals surface area (Å²) < 4.78 is 17.7. The van der Waals surface area contributed by atoms with E-state index in [0.29, 0.717) is 6.41 Å². The maximum Gasteiger partial charge on any atom is 0.410 e. The van der Waals surface area contributed by atoms with E-state index in [2.05, 4.69) is 40.2 Å². The highest BCUT2D eigenvalue weighted by atomic mass is 16.7. The average molecular weight is 338 g/mol. The highest BCUT2D eigenvalue weighted by Gasteiger charge is 2.02. The quantitative estimate of drug-likeness (QED) is 0.191. The van der Waals surface area contributed by atoms with E-state index in [0.717, 1.165) is 0 Å². The predicted molar refractivity (Wildman–Crippen MR) is 76.1 cm³/mol. The minimum atomic E-state index is -0.677. The van der Waals surface area contributed by atoms with E-state index in [1.807, 2.05) is 0 Å². The second-order valence-corrected chi connectivity index (χ2v) is 3.26. The molecule has 0 aromatic rings. The number of rotatable bonds is 8. The fourth-order valence-electron chi connectivity index (χ4n) is 0.771. The van der Waals surface area contributed by atoms with Crippen LogP contribution in [-0.4, -0.2) is 65.6 Å². The van der Waals surface area contributed by atoms with Gasteiger partial charge in [0.1, 0.15) is 0 Å². The second kappa shape index (κ2) is 17.3. The Morgan fingerprint density at radius 1 is 0.913 bits per heavy atom. The highest BCUT2D eigenvalue weighted by molar-refractivity contribution is 5.70. The Balaban J connectivity index is 0. The number of methoxy groups -OCH3 is 2. The zero-order valence-electron chi connectivity index (χ0n) is 13.2. The number of alkyl carbamates (subject to hydrolysis) is 3. The van der Waals surface area contributed by atoms with Crippen molar-refractivity contribution >= 4 is 24.7 Å². The summed E-state index contributed by atoms with van der Waals surface area (Å²) in [6.07, 6.45) is -1.36. The lowest BCUT2D eigenvalue weighted by Gasteiger charge is -2.07. The molecule has 0 radical (unpaired) electrons. The van der Waals surface area contributed by atoms with Gasteiger partial charge >= 0.3 is 18.3 Å². The Kier molecular flexibility index (Phi) is 16.9. The number of carbonyl (C=O) groups is 4. The van der Waals surface area contributed by atoms with Gasteiger partial charge in [0.25, 0.3) is 0 Å². The number of ether oxygens (including phenoxy) is 4. The summed E-state index contributed by atoms with van der Waals surface area (Å²) >= 11 is 0. The van der Waals surface area contributed by atoms with Crippen LogP contribution in [0.1, 0.15) is 6.92 Å². The van der Waals surface area contributed by atoms with Gasteiger partial charge in [0.05, 0.1) is 27.1 Å². The third kappa shape index (κ3) is 19.2. The van der Waals surface area contributed by atoms with Gasteiger partial charge in [0.15, 0.2) is 6.79 Å². The molecule has 0 aromatic carbocycles. The molecule has 4 N–H and O–H groups in total. The summed E-state index contributed by atoms with van der Waals surface area (Å²) in [6, 6.07) is 0. The van der Waals surface area contributed by atoms with Gasteiger partial charge in [0, 0.05) is 7.11 Å². The molecular formula is C11H22N4O8. The van der Waals surface area contributed by atoms with E-state index < -0.39 is 18.3 Å². The van der Waals surface area contributed by atoms with Gasteiger partial charge in [-0.25, -0.2) is 14.4 Å². The third-order valence-corrected chi connectivity index (χ3v) is 1.65. The molecule has 23 heavy (non-hydrogen) atoms. The number of hydrogen-bond acceptors (Lipinski definition) is 8. The topological polar surface area (TPSA) is 153 Å². The molecule has 4 amide bonds. The first-order valence-corrected chi connectivity index (χ1v) is 6.30. The largest absolute Gasteiger partial charge is 0.453 e. The first kappa shape index (κ1) is 22.5. The van der Waals surface area contributed by atoms with E-state index in [1.54, 1.807) is 6.92 Å². The van der Waals surface area contributed by atoms with Crippen molar-refractivity contribution in [3.63, 3.8) is 0 Å². The van der Waals surface area contributed by atoms with Gasteiger partial charge in [-0.15, -0.1) is 0 Å². The number of hydrogen-bond donors (Lipinski definition) is 4. The van der Waals surface area contributed by atoms with Gasteiger partial charge in [-0.3, -0.25) is 4.79 Å². The summed E-state index contributed by atoms with van der Waals surface area (Å²) in [5.74, 6) is 0. The van der Waals surface area contributed by atoms with Crippen molar-refractivity contribution in [3.05, 3.63) is 0 Å². The van der Waals surface area contributed by atoms with Gasteiger partial charge in [0.2, 0.25) is 6.41 Å². The van der Waals surface area contributed by atoms with Crippen LogP contribution in [0.5, 0.6) is 0 Å². The van der Waals surface area contributed by atoms with Gasteiger partial charge in [-0.05, 0) is 6.92 Å². The Morgan fingerprint density at radius 2 is 1.48 bits per heavy atom. The maximum atomic E-state index is 10.7. The number of nitrogens with one attached hydrogen (secondary N) is 4. The Bertz CT molecular complexity index is 353. The van der Waals surface area contributed by atoms with Crippen molar-refractivity contribution in [1.82, 2.24) is 21.3 Å². The van der Waals surface area contributed by atoms with Crippen LogP contribution in [0.15, 0.2) is 0 Å². The third-order valence-electron chi connectivity index (χ3n) is 1.65. The van der Waals surface area contributed by atoms with Crippen LogP contribution < -0.4 is 21.3 Å². The molecule has 0 unspecified atom stereocenters. The smallest absolute Gasteiger partial charge is 0.410 e. The standard InChI is InChI=1S/C7H14N2O5.C4H8N2O3/c1-3-13-6(10)8-4-9-7(11)14-5-12-2;1-9-4(8)6-2-5-3-7/h3-5H2,1-2H3,(H,8,10)(H,9,11);3H,2H2,1H3,(H,5,7)(H,6,8). The lowest BCUT2D eigenvalue weighted by Crippen LogP contribution is -2.37. The molecule has 0 heterocycles. The molecule has 0 saturated heterocycles. The molecule has 134 valence electrons. The molecule has 0 bridgehead atoms. The van der Waals surface area contributed by atoms with E-state index >= 15 is 0 Å². The van der Waals surface area contributed by atoms with E-state index in [9.17, 15) is 19.2 Å². The van der Waals surface area contributed by atoms with Crippen molar-refractivity contribution in [2.75, 3.05) is 41.0 Å². The molecule has 0 rings (SSSR count). The summed E-state index contributed by atoms with van der Waals surface area (Å²) in [5, 5.41) is 8.98. The van der Waals surface area contributed by atoms with Crippen LogP contribution in [0.25, 0.3) is 0 Å². The van der Waals surface area contributed by atoms with E-state index in [1.165, 1.54) is 14.2 Å². The van der Waals surface area contributed by atoms with Crippen LogP contribution in [0, 0.1) is 0 Å². The molecule has 12 heteroatoms. The van der Waals surface area contributed by atoms with Crippen LogP contribution >= 0.6 is 0 Å². The van der Waals surface area contributed by atoms with Gasteiger partial charge in [-0.2, -0.15) is 0 Å². The highest BCUT2D eigenvalue weighted by Crippen LogP contribution is 1.77. The molecule has 0 aliphatic rings. The van der Waals surface area contributed by atoms with Crippen molar-refractivity contribution in [2.24, 2.45) is 0 Å². The molecule has 0 aliphatic heterocycles. The molecule has 0 atom stereocenters. The SMILES string of the molecule is CCOC(=O)NCNC(=O)OCOC.COC(=O)NCNC=O. The second-order valence-electron chi connectivity index (χ2n) is 3.26. The number of carbonyl (C=O) groups excluding carboxylic acids is 4. The normalized spacial score (nSPS) is 8.48. The molecule has 0 aliphatic carbocycles. The van der Waals surface area contributed by atoms with Crippen LogP contribution in [-0.2, 0) is 23.7 Å². The van der Waals surface area contributed by atoms with Crippen LogP contribution in [0.3, 0.4) is 0 Å². The van der Waals surface area contributed by atoms with Crippen molar-refractivity contribution < 1.29 is 38.1 Å². The summed E-state index contributed by atoms with van der Waals surface area (Å²) in [6.45, 7) is 1.86. The first-order valence-electron chi connectivity index (χ1n) is 6.30. The lowest BCUT2D eigenvalue weighted by molar-refractivity contribution is -0.109. The van der Waals surface area contributed by atoms with Gasteiger partial charge in [-0.1, -0.05) is 0 Å². The number of amides is 4. The first-order chi connectivity index (χ1) is 11.0. The summed E-state index contributed by atoms with van der Waals surface area (Å²) in [5.41, 5.74) is 0. The lowest BCUT2D eigenvalue weighted by atomic mass is 10.8. The minimum absolute atomic E-state index is 0.0542. The Morgan fingerprint density at radius 3 is 1.96 bits per heavy atom. The van der Waals surface area contributed by atoms with Gasteiger partial charge < -0.3 is 40.2 Å². The van der Waals surface area contributed by atoms with E-state index in [-0.39, 0.29) is 26.7 Å². The molecule has 0 spiro atoms. The van der Waals surface area contributed by atoms with Crippen molar-refractivity contribution in [2.45, 2.75) is 6.92 Å². The summed E-state index contributed by atoms with van der Waals surface area (Å²) in [7, 11) is 2.64. The molecular weight excluding hydrogens is 316 g/mol. The Labute approximate surface area is 133 Å². The minimum Gasteiger partial charge on any atom is -0.453 e. The predicted octanol–water partition coefficient (Wildman–Crippen LogP) is -0.934.